The third-order valence-corrected chi connectivity index (χ3v) is 3.73. The van der Waals surface area contributed by atoms with Crippen molar-refractivity contribution < 1.29 is 4.79 Å². The molecule has 1 aromatic rings. The summed E-state index contributed by atoms with van der Waals surface area (Å²) in [6.07, 6.45) is 7.51. The van der Waals surface area contributed by atoms with Crippen LogP contribution in [0.2, 0.25) is 0 Å². The number of amides is 1. The average Bonchev–Trinajstić information content (AvgIpc) is 2.37. The van der Waals surface area contributed by atoms with Crippen LogP contribution in [0, 0.1) is 0 Å². The molecule has 1 saturated heterocycles. The lowest BCUT2D eigenvalue weighted by atomic mass is 10.1. The smallest absolute Gasteiger partial charge is 0.254 e. The fourth-order valence-electron chi connectivity index (χ4n) is 2.54. The standard InChI is InChI=1S/C15H22N2O2/c1-2-16-11-8-13(12-14(16)18)15(19)17-9-6-4-3-5-7-10-17/h8,11-12H,2-7,9-10H2,1H3. The molecule has 2 heterocycles. The number of carbonyl (C=O) groups excluding carboxylic acids is 1. The maximum atomic E-state index is 12.4. The van der Waals surface area contributed by atoms with E-state index in [1.54, 1.807) is 16.8 Å². The molecule has 0 spiro atoms. The van der Waals surface area contributed by atoms with Gasteiger partial charge in [0, 0.05) is 37.5 Å². The molecule has 104 valence electrons. The summed E-state index contributed by atoms with van der Waals surface area (Å²) in [5.74, 6) is 0.00209. The molecular formula is C15H22N2O2. The molecule has 0 unspecified atom stereocenters. The topological polar surface area (TPSA) is 42.3 Å². The first kappa shape index (κ1) is 13.8. The van der Waals surface area contributed by atoms with E-state index in [-0.39, 0.29) is 11.5 Å². The van der Waals surface area contributed by atoms with Gasteiger partial charge in [-0.1, -0.05) is 19.3 Å². The minimum atomic E-state index is -0.0969. The SMILES string of the molecule is CCn1ccc(C(=O)N2CCCCCCC2)cc1=O. The molecule has 1 aromatic heterocycles. The van der Waals surface area contributed by atoms with Crippen LogP contribution in [0.1, 0.15) is 49.4 Å². The van der Waals surface area contributed by atoms with Gasteiger partial charge in [-0.15, -0.1) is 0 Å². The Kier molecular flexibility index (Phi) is 4.77. The highest BCUT2D eigenvalue weighted by Gasteiger charge is 2.17. The summed E-state index contributed by atoms with van der Waals surface area (Å²) < 4.78 is 1.60. The van der Waals surface area contributed by atoms with E-state index in [1.807, 2.05) is 11.8 Å². The van der Waals surface area contributed by atoms with E-state index in [9.17, 15) is 9.59 Å². The van der Waals surface area contributed by atoms with Crippen LogP contribution in [0.3, 0.4) is 0 Å². The number of aromatic nitrogens is 1. The number of likely N-dealkylation sites (tertiary alicyclic amines) is 1. The van der Waals surface area contributed by atoms with Crippen LogP contribution >= 0.6 is 0 Å². The Morgan fingerprint density at radius 1 is 1.16 bits per heavy atom. The molecule has 0 aromatic carbocycles. The molecule has 2 rings (SSSR count). The number of aryl methyl sites for hydroxylation is 1. The van der Waals surface area contributed by atoms with Gasteiger partial charge >= 0.3 is 0 Å². The molecule has 4 heteroatoms. The van der Waals surface area contributed by atoms with E-state index < -0.39 is 0 Å². The summed E-state index contributed by atoms with van der Waals surface area (Å²) in [7, 11) is 0. The van der Waals surface area contributed by atoms with Crippen LogP contribution in [0.25, 0.3) is 0 Å². The highest BCUT2D eigenvalue weighted by atomic mass is 16.2. The van der Waals surface area contributed by atoms with Crippen LogP contribution in [0.5, 0.6) is 0 Å². The van der Waals surface area contributed by atoms with Gasteiger partial charge in [-0.25, -0.2) is 0 Å². The van der Waals surface area contributed by atoms with Crippen molar-refractivity contribution in [3.63, 3.8) is 0 Å². The summed E-state index contributed by atoms with van der Waals surface area (Å²) in [6.45, 7) is 4.18. The molecule has 4 nitrogen and oxygen atoms in total. The van der Waals surface area contributed by atoms with Crippen molar-refractivity contribution in [2.45, 2.75) is 45.6 Å². The Bertz CT molecular complexity index is 485. The third kappa shape index (κ3) is 3.46. The van der Waals surface area contributed by atoms with Gasteiger partial charge in [-0.3, -0.25) is 9.59 Å². The number of carbonyl (C=O) groups is 1. The van der Waals surface area contributed by atoms with Crippen molar-refractivity contribution >= 4 is 5.91 Å². The summed E-state index contributed by atoms with van der Waals surface area (Å²) in [4.78, 5) is 26.1. The van der Waals surface area contributed by atoms with Gasteiger partial charge in [0.1, 0.15) is 0 Å². The summed E-state index contributed by atoms with van der Waals surface area (Å²) in [6, 6.07) is 3.22. The molecule has 0 N–H and O–H groups in total. The minimum absolute atomic E-state index is 0.00209. The Hall–Kier alpha value is -1.58. The molecular weight excluding hydrogens is 240 g/mol. The first-order chi connectivity index (χ1) is 9.22. The first-order valence-electron chi connectivity index (χ1n) is 7.22. The van der Waals surface area contributed by atoms with Crippen LogP contribution in [-0.2, 0) is 6.54 Å². The lowest BCUT2D eigenvalue weighted by molar-refractivity contribution is 0.0742. The summed E-state index contributed by atoms with van der Waals surface area (Å²) in [5, 5.41) is 0. The zero-order valence-corrected chi connectivity index (χ0v) is 11.6. The Morgan fingerprint density at radius 2 is 1.79 bits per heavy atom. The van der Waals surface area contributed by atoms with Crippen LogP contribution in [0.15, 0.2) is 23.1 Å². The second-order valence-electron chi connectivity index (χ2n) is 5.10. The minimum Gasteiger partial charge on any atom is -0.339 e. The van der Waals surface area contributed by atoms with Crippen molar-refractivity contribution in [2.24, 2.45) is 0 Å². The van der Waals surface area contributed by atoms with E-state index in [4.69, 9.17) is 0 Å². The second-order valence-corrected chi connectivity index (χ2v) is 5.10. The second kappa shape index (κ2) is 6.55. The third-order valence-electron chi connectivity index (χ3n) is 3.73. The fraction of sp³-hybridized carbons (Fsp3) is 0.600. The summed E-state index contributed by atoms with van der Waals surface area (Å²) >= 11 is 0. The molecule has 0 saturated carbocycles. The number of nitrogens with zero attached hydrogens (tertiary/aromatic N) is 2. The lowest BCUT2D eigenvalue weighted by Crippen LogP contribution is -2.34. The molecule has 1 fully saturated rings. The van der Waals surface area contributed by atoms with E-state index >= 15 is 0 Å². The molecule has 19 heavy (non-hydrogen) atoms. The van der Waals surface area contributed by atoms with Gasteiger partial charge in [0.05, 0.1) is 0 Å². The van der Waals surface area contributed by atoms with Gasteiger partial charge in [-0.2, -0.15) is 0 Å². The van der Waals surface area contributed by atoms with E-state index in [0.29, 0.717) is 12.1 Å². The monoisotopic (exact) mass is 262 g/mol. The quantitative estimate of drug-likeness (QED) is 0.820. The molecule has 1 aliphatic heterocycles. The van der Waals surface area contributed by atoms with E-state index in [2.05, 4.69) is 0 Å². The largest absolute Gasteiger partial charge is 0.339 e. The highest BCUT2D eigenvalue weighted by Crippen LogP contribution is 2.12. The molecule has 0 bridgehead atoms. The molecule has 0 aliphatic carbocycles. The number of pyridine rings is 1. The van der Waals surface area contributed by atoms with Gasteiger partial charge in [0.25, 0.3) is 11.5 Å². The number of rotatable bonds is 2. The van der Waals surface area contributed by atoms with Gasteiger partial charge < -0.3 is 9.47 Å². The molecule has 0 radical (unpaired) electrons. The predicted octanol–water partition coefficient (Wildman–Crippen LogP) is 2.27. The summed E-state index contributed by atoms with van der Waals surface area (Å²) in [5.41, 5.74) is 0.427. The number of hydrogen-bond acceptors (Lipinski definition) is 2. The Balaban J connectivity index is 2.13. The highest BCUT2D eigenvalue weighted by molar-refractivity contribution is 5.94. The zero-order valence-electron chi connectivity index (χ0n) is 11.6. The van der Waals surface area contributed by atoms with Crippen molar-refractivity contribution in [3.8, 4) is 0 Å². The lowest BCUT2D eigenvalue weighted by Gasteiger charge is -2.24. The molecule has 0 atom stereocenters. The van der Waals surface area contributed by atoms with E-state index in [1.165, 1.54) is 25.3 Å². The Morgan fingerprint density at radius 3 is 2.37 bits per heavy atom. The van der Waals surface area contributed by atoms with Crippen LogP contribution in [-0.4, -0.2) is 28.5 Å². The van der Waals surface area contributed by atoms with Crippen molar-refractivity contribution in [1.82, 2.24) is 9.47 Å². The van der Waals surface area contributed by atoms with Crippen LogP contribution in [0.4, 0.5) is 0 Å². The van der Waals surface area contributed by atoms with Gasteiger partial charge in [0.2, 0.25) is 0 Å². The Labute approximate surface area is 114 Å². The average molecular weight is 262 g/mol. The van der Waals surface area contributed by atoms with Gasteiger partial charge in [-0.05, 0) is 25.8 Å². The predicted molar refractivity (Wildman–Crippen MR) is 75.4 cm³/mol. The van der Waals surface area contributed by atoms with E-state index in [0.717, 1.165) is 25.9 Å². The van der Waals surface area contributed by atoms with Crippen molar-refractivity contribution in [1.29, 1.82) is 0 Å². The normalized spacial score (nSPS) is 16.8. The number of hydrogen-bond donors (Lipinski definition) is 0. The maximum absolute atomic E-state index is 12.4. The first-order valence-corrected chi connectivity index (χ1v) is 7.22. The van der Waals surface area contributed by atoms with Crippen molar-refractivity contribution in [3.05, 3.63) is 34.2 Å². The fourth-order valence-corrected chi connectivity index (χ4v) is 2.54. The zero-order chi connectivity index (χ0) is 13.7. The van der Waals surface area contributed by atoms with Crippen LogP contribution < -0.4 is 5.56 Å². The molecule has 1 amide bonds. The van der Waals surface area contributed by atoms with Gasteiger partial charge in [0.15, 0.2) is 0 Å². The molecule has 1 aliphatic rings. The maximum Gasteiger partial charge on any atom is 0.254 e. The van der Waals surface area contributed by atoms with Crippen molar-refractivity contribution in [2.75, 3.05) is 13.1 Å².